The van der Waals surface area contributed by atoms with E-state index in [2.05, 4.69) is 11.9 Å². The fourth-order valence-corrected chi connectivity index (χ4v) is 1.51. The molecule has 1 rings (SSSR count). The minimum Gasteiger partial charge on any atom is -0.504 e. The van der Waals surface area contributed by atoms with E-state index in [4.69, 9.17) is 9.47 Å². The van der Waals surface area contributed by atoms with Crippen LogP contribution in [0.4, 0.5) is 0 Å². The van der Waals surface area contributed by atoms with Gasteiger partial charge in [0.1, 0.15) is 0 Å². The molecule has 0 atom stereocenters. The van der Waals surface area contributed by atoms with Crippen LogP contribution >= 0.6 is 0 Å². The van der Waals surface area contributed by atoms with E-state index in [0.29, 0.717) is 25.5 Å². The van der Waals surface area contributed by atoms with Crippen molar-refractivity contribution in [2.45, 2.75) is 13.0 Å². The van der Waals surface area contributed by atoms with Gasteiger partial charge in [-0.1, -0.05) is 18.2 Å². The third kappa shape index (κ3) is 4.77. The molecule has 1 aromatic rings. The van der Waals surface area contributed by atoms with Crippen LogP contribution in [-0.2, 0) is 11.3 Å². The number of benzene rings is 1. The topological polar surface area (TPSA) is 50.7 Å². The van der Waals surface area contributed by atoms with Crippen molar-refractivity contribution in [2.24, 2.45) is 0 Å². The minimum atomic E-state index is 0.195. The Morgan fingerprint density at radius 3 is 2.94 bits per heavy atom. The summed E-state index contributed by atoms with van der Waals surface area (Å²) < 4.78 is 10.4. The highest BCUT2D eigenvalue weighted by Crippen LogP contribution is 2.28. The third-order valence-corrected chi connectivity index (χ3v) is 2.51. The molecular weight excluding hydrogens is 230 g/mol. The monoisotopic (exact) mass is 251 g/mol. The minimum absolute atomic E-state index is 0.195. The van der Waals surface area contributed by atoms with Gasteiger partial charge in [-0.2, -0.15) is 0 Å². The van der Waals surface area contributed by atoms with E-state index in [1.807, 2.05) is 18.2 Å². The van der Waals surface area contributed by atoms with Gasteiger partial charge in [0.2, 0.25) is 0 Å². The Bertz CT molecular complexity index is 366. The number of para-hydroxylation sites is 1. The number of hydrogen-bond acceptors (Lipinski definition) is 4. The van der Waals surface area contributed by atoms with Gasteiger partial charge in [0.15, 0.2) is 11.5 Å². The first-order chi connectivity index (χ1) is 8.79. The molecular formula is C14H21NO3. The molecule has 4 nitrogen and oxygen atoms in total. The number of rotatable bonds is 9. The number of phenols is 1. The zero-order valence-electron chi connectivity index (χ0n) is 10.8. The van der Waals surface area contributed by atoms with E-state index in [1.165, 1.54) is 0 Å². The molecule has 0 fully saturated rings. The Labute approximate surface area is 108 Å². The lowest BCUT2D eigenvalue weighted by Crippen LogP contribution is -2.19. The van der Waals surface area contributed by atoms with Crippen LogP contribution in [0.5, 0.6) is 11.5 Å². The van der Waals surface area contributed by atoms with Crippen molar-refractivity contribution in [2.75, 3.05) is 26.9 Å². The van der Waals surface area contributed by atoms with Crippen molar-refractivity contribution >= 4 is 0 Å². The molecule has 0 saturated carbocycles. The summed E-state index contributed by atoms with van der Waals surface area (Å²) in [5.41, 5.74) is 0.820. The van der Waals surface area contributed by atoms with E-state index in [0.717, 1.165) is 18.5 Å². The zero-order chi connectivity index (χ0) is 13.2. The summed E-state index contributed by atoms with van der Waals surface area (Å²) >= 11 is 0. The van der Waals surface area contributed by atoms with Gasteiger partial charge in [-0.25, -0.2) is 0 Å². The average Bonchev–Trinajstić information content (AvgIpc) is 2.39. The number of nitrogens with one attached hydrogen (secondary N) is 1. The quantitative estimate of drug-likeness (QED) is 0.521. The lowest BCUT2D eigenvalue weighted by Gasteiger charge is -2.09. The maximum atomic E-state index is 9.85. The predicted molar refractivity (Wildman–Crippen MR) is 72.0 cm³/mol. The van der Waals surface area contributed by atoms with Crippen LogP contribution < -0.4 is 10.1 Å². The fourth-order valence-electron chi connectivity index (χ4n) is 1.51. The Balaban J connectivity index is 2.25. The van der Waals surface area contributed by atoms with Crippen LogP contribution in [0.15, 0.2) is 30.9 Å². The molecule has 0 aromatic heterocycles. The van der Waals surface area contributed by atoms with Gasteiger partial charge in [0, 0.05) is 18.7 Å². The molecule has 18 heavy (non-hydrogen) atoms. The van der Waals surface area contributed by atoms with E-state index in [1.54, 1.807) is 13.2 Å². The molecule has 0 aliphatic rings. The number of aromatic hydroxyl groups is 1. The number of methoxy groups -OCH3 is 1. The van der Waals surface area contributed by atoms with Gasteiger partial charge in [-0.3, -0.25) is 0 Å². The Hall–Kier alpha value is -1.52. The summed E-state index contributed by atoms with van der Waals surface area (Å²) in [7, 11) is 1.54. The summed E-state index contributed by atoms with van der Waals surface area (Å²) in [4.78, 5) is 0. The molecule has 0 saturated heterocycles. The largest absolute Gasteiger partial charge is 0.504 e. The molecule has 0 unspecified atom stereocenters. The molecule has 0 radical (unpaired) electrons. The van der Waals surface area contributed by atoms with E-state index >= 15 is 0 Å². The van der Waals surface area contributed by atoms with Gasteiger partial charge in [-0.05, 0) is 12.5 Å². The van der Waals surface area contributed by atoms with Crippen molar-refractivity contribution in [3.05, 3.63) is 36.4 Å². The molecule has 0 aliphatic heterocycles. The Morgan fingerprint density at radius 1 is 1.39 bits per heavy atom. The van der Waals surface area contributed by atoms with Crippen LogP contribution in [-0.4, -0.2) is 32.0 Å². The molecule has 0 spiro atoms. The van der Waals surface area contributed by atoms with Crippen molar-refractivity contribution in [1.82, 2.24) is 5.32 Å². The summed E-state index contributed by atoms with van der Waals surface area (Å²) in [6, 6.07) is 5.46. The SMILES string of the molecule is C=CCCOCCNCc1cccc(OC)c1O. The molecule has 100 valence electrons. The summed E-state index contributed by atoms with van der Waals surface area (Å²) in [6.07, 6.45) is 2.71. The van der Waals surface area contributed by atoms with Crippen molar-refractivity contribution < 1.29 is 14.6 Å². The number of phenolic OH excluding ortho intramolecular Hbond substituents is 1. The first-order valence-electron chi connectivity index (χ1n) is 6.03. The standard InChI is InChI=1S/C14H21NO3/c1-3-4-9-18-10-8-15-11-12-6-5-7-13(17-2)14(12)16/h3,5-7,15-16H,1,4,8-11H2,2H3. The highest BCUT2D eigenvalue weighted by Gasteiger charge is 2.05. The van der Waals surface area contributed by atoms with Crippen molar-refractivity contribution in [3.63, 3.8) is 0 Å². The highest BCUT2D eigenvalue weighted by molar-refractivity contribution is 5.45. The van der Waals surface area contributed by atoms with Crippen LogP contribution in [0.2, 0.25) is 0 Å². The van der Waals surface area contributed by atoms with Crippen LogP contribution in [0.1, 0.15) is 12.0 Å². The lowest BCUT2D eigenvalue weighted by atomic mass is 10.2. The molecule has 4 heteroatoms. The zero-order valence-corrected chi connectivity index (χ0v) is 10.8. The smallest absolute Gasteiger partial charge is 0.162 e. The normalized spacial score (nSPS) is 10.3. The fraction of sp³-hybridized carbons (Fsp3) is 0.429. The molecule has 0 amide bonds. The van der Waals surface area contributed by atoms with Crippen molar-refractivity contribution in [1.29, 1.82) is 0 Å². The highest BCUT2D eigenvalue weighted by atomic mass is 16.5. The van der Waals surface area contributed by atoms with E-state index in [-0.39, 0.29) is 5.75 Å². The molecule has 2 N–H and O–H groups in total. The van der Waals surface area contributed by atoms with E-state index in [9.17, 15) is 5.11 Å². The maximum Gasteiger partial charge on any atom is 0.162 e. The van der Waals surface area contributed by atoms with Crippen LogP contribution in [0, 0.1) is 0 Å². The number of ether oxygens (including phenoxy) is 2. The summed E-state index contributed by atoms with van der Waals surface area (Å²) in [5.74, 6) is 0.691. The predicted octanol–water partition coefficient (Wildman–Crippen LogP) is 2.08. The maximum absolute atomic E-state index is 9.85. The summed E-state index contributed by atoms with van der Waals surface area (Å²) in [5, 5.41) is 13.1. The molecule has 0 bridgehead atoms. The Kier molecular flexibility index (Phi) is 6.91. The van der Waals surface area contributed by atoms with Gasteiger partial charge in [0.25, 0.3) is 0 Å². The molecule has 0 heterocycles. The number of hydrogen-bond donors (Lipinski definition) is 2. The van der Waals surface area contributed by atoms with Gasteiger partial charge in [-0.15, -0.1) is 6.58 Å². The second-order valence-corrected chi connectivity index (χ2v) is 3.83. The Morgan fingerprint density at radius 2 is 2.22 bits per heavy atom. The first kappa shape index (κ1) is 14.5. The van der Waals surface area contributed by atoms with Gasteiger partial charge < -0.3 is 19.9 Å². The van der Waals surface area contributed by atoms with Crippen LogP contribution in [0.25, 0.3) is 0 Å². The van der Waals surface area contributed by atoms with Crippen LogP contribution in [0.3, 0.4) is 0 Å². The first-order valence-corrected chi connectivity index (χ1v) is 6.03. The second kappa shape index (κ2) is 8.55. The van der Waals surface area contributed by atoms with E-state index < -0.39 is 0 Å². The van der Waals surface area contributed by atoms with Gasteiger partial charge in [0.05, 0.1) is 20.3 Å². The lowest BCUT2D eigenvalue weighted by molar-refractivity contribution is 0.140. The average molecular weight is 251 g/mol. The molecule has 0 aliphatic carbocycles. The van der Waals surface area contributed by atoms with Gasteiger partial charge >= 0.3 is 0 Å². The second-order valence-electron chi connectivity index (χ2n) is 3.83. The summed E-state index contributed by atoms with van der Waals surface area (Å²) in [6.45, 7) is 6.32. The van der Waals surface area contributed by atoms with Crippen molar-refractivity contribution in [3.8, 4) is 11.5 Å². The third-order valence-electron chi connectivity index (χ3n) is 2.51. The molecule has 1 aromatic carbocycles.